The number of ether oxygens (including phenoxy) is 2. The van der Waals surface area contributed by atoms with Gasteiger partial charge in [-0.15, -0.1) is 0 Å². The zero-order valence-electron chi connectivity index (χ0n) is 18.0. The maximum absolute atomic E-state index is 17.0. The number of hydrogen-bond donors (Lipinski definition) is 2. The van der Waals surface area contributed by atoms with Gasteiger partial charge in [0.15, 0.2) is 22.8 Å². The maximum Gasteiger partial charge on any atom is 0.339 e. The molecule has 1 heterocycles. The van der Waals surface area contributed by atoms with Gasteiger partial charge in [-0.05, 0) is 63.7 Å². The van der Waals surface area contributed by atoms with Crippen molar-refractivity contribution in [2.75, 3.05) is 0 Å². The van der Waals surface area contributed by atoms with Crippen LogP contribution in [0.1, 0.15) is 47.0 Å². The zero-order valence-corrected chi connectivity index (χ0v) is 18.0. The Labute approximate surface area is 179 Å². The molecule has 0 aromatic heterocycles. The van der Waals surface area contributed by atoms with E-state index in [0.717, 1.165) is 6.08 Å². The SMILES string of the molecule is CC1(C)O[C@@H]2CC3C4C[C@H](F)C5=CC(=O)C=CC5(C)[C@@]4(F)[C@@H](O)CC3(C)[C@]2(C(=O)O)O1. The summed E-state index contributed by atoms with van der Waals surface area (Å²) in [6.45, 7) is 6.48. The average molecular weight is 438 g/mol. The molecule has 1 aliphatic heterocycles. The van der Waals surface area contributed by atoms with E-state index in [0.29, 0.717) is 0 Å². The first kappa shape index (κ1) is 21.2. The first-order valence-electron chi connectivity index (χ1n) is 10.8. The molecule has 0 aromatic rings. The molecule has 5 rings (SSSR count). The highest BCUT2D eigenvalue weighted by Crippen LogP contribution is 2.72. The second-order valence-electron chi connectivity index (χ2n) is 10.7. The van der Waals surface area contributed by atoms with Crippen LogP contribution in [0.5, 0.6) is 0 Å². The number of aliphatic hydroxyl groups excluding tert-OH is 1. The second kappa shape index (κ2) is 5.83. The summed E-state index contributed by atoms with van der Waals surface area (Å²) < 4.78 is 44.4. The number of carboxylic acids is 1. The largest absolute Gasteiger partial charge is 0.479 e. The number of hydrogen-bond acceptors (Lipinski definition) is 5. The highest BCUT2D eigenvalue weighted by Gasteiger charge is 2.81. The van der Waals surface area contributed by atoms with Crippen LogP contribution in [-0.2, 0) is 19.1 Å². The van der Waals surface area contributed by atoms with Crippen molar-refractivity contribution >= 4 is 11.8 Å². The molecule has 5 aliphatic rings. The van der Waals surface area contributed by atoms with Crippen LogP contribution in [0.25, 0.3) is 0 Å². The molecule has 2 N–H and O–H groups in total. The molecule has 0 aromatic carbocycles. The Morgan fingerprint density at radius 1 is 1.19 bits per heavy atom. The Kier molecular flexibility index (Phi) is 3.99. The zero-order chi connectivity index (χ0) is 22.8. The topological polar surface area (TPSA) is 93.1 Å². The number of carbonyl (C=O) groups excluding carboxylic acids is 1. The van der Waals surface area contributed by atoms with Crippen LogP contribution in [0.15, 0.2) is 23.8 Å². The fourth-order valence-corrected chi connectivity index (χ4v) is 7.67. The number of allylic oxidation sites excluding steroid dienone is 4. The minimum Gasteiger partial charge on any atom is -0.479 e. The van der Waals surface area contributed by atoms with Crippen LogP contribution in [-0.4, -0.2) is 57.4 Å². The highest BCUT2D eigenvalue weighted by atomic mass is 19.1. The molecule has 4 unspecified atom stereocenters. The molecule has 0 bridgehead atoms. The lowest BCUT2D eigenvalue weighted by atomic mass is 9.44. The third-order valence-electron chi connectivity index (χ3n) is 8.94. The third-order valence-corrected chi connectivity index (χ3v) is 8.94. The van der Waals surface area contributed by atoms with Gasteiger partial charge < -0.3 is 19.7 Å². The number of alkyl halides is 2. The van der Waals surface area contributed by atoms with E-state index in [1.54, 1.807) is 20.8 Å². The fraction of sp³-hybridized carbons (Fsp3) is 0.739. The molecule has 31 heavy (non-hydrogen) atoms. The van der Waals surface area contributed by atoms with E-state index < -0.39 is 69.9 Å². The standard InChI is InChI=1S/C23H28F2O6/c1-19(2)30-17-9-12-13-8-15(24)14-7-11(26)5-6-20(14,3)22(13,25)16(27)10-21(12,4)23(17,31-19)18(28)29/h5-7,12-13,15-17,27H,8-10H2,1-4H3,(H,28,29)/t12?,13?,15-,16-,17+,20?,21?,22-,23-/m0/s1. The van der Waals surface area contributed by atoms with Crippen molar-refractivity contribution < 1.29 is 38.1 Å². The van der Waals surface area contributed by atoms with Crippen LogP contribution in [0, 0.1) is 22.7 Å². The molecule has 170 valence electrons. The van der Waals surface area contributed by atoms with Crippen molar-refractivity contribution in [2.24, 2.45) is 22.7 Å². The molecule has 6 nitrogen and oxygen atoms in total. The van der Waals surface area contributed by atoms with E-state index >= 15 is 8.78 Å². The summed E-state index contributed by atoms with van der Waals surface area (Å²) in [4.78, 5) is 24.5. The van der Waals surface area contributed by atoms with Gasteiger partial charge in [0.1, 0.15) is 12.3 Å². The van der Waals surface area contributed by atoms with Gasteiger partial charge >= 0.3 is 5.97 Å². The van der Waals surface area contributed by atoms with Crippen molar-refractivity contribution in [3.8, 4) is 0 Å². The van der Waals surface area contributed by atoms with Gasteiger partial charge in [-0.3, -0.25) is 4.79 Å². The predicted molar refractivity (Wildman–Crippen MR) is 104 cm³/mol. The van der Waals surface area contributed by atoms with Gasteiger partial charge in [-0.25, -0.2) is 13.6 Å². The summed E-state index contributed by atoms with van der Waals surface area (Å²) in [7, 11) is 0. The monoisotopic (exact) mass is 438 g/mol. The number of carbonyl (C=O) groups is 2. The molecule has 0 spiro atoms. The molecule has 8 heteroatoms. The summed E-state index contributed by atoms with van der Waals surface area (Å²) in [6.07, 6.45) is -0.459. The van der Waals surface area contributed by atoms with E-state index in [2.05, 4.69) is 0 Å². The summed E-state index contributed by atoms with van der Waals surface area (Å²) in [5.74, 6) is -4.31. The van der Waals surface area contributed by atoms with Gasteiger partial charge in [-0.2, -0.15) is 0 Å². The minimum absolute atomic E-state index is 0.0428. The van der Waals surface area contributed by atoms with Gasteiger partial charge in [0, 0.05) is 16.7 Å². The van der Waals surface area contributed by atoms with E-state index in [1.807, 2.05) is 0 Å². The molecule has 4 fully saturated rings. The molecule has 4 aliphatic carbocycles. The van der Waals surface area contributed by atoms with Crippen LogP contribution in [0.4, 0.5) is 8.78 Å². The third kappa shape index (κ3) is 2.21. The van der Waals surface area contributed by atoms with Crippen molar-refractivity contribution in [1.82, 2.24) is 0 Å². The lowest BCUT2D eigenvalue weighted by Crippen LogP contribution is -2.70. The molecule has 0 amide bonds. The molecule has 3 saturated carbocycles. The Morgan fingerprint density at radius 2 is 1.87 bits per heavy atom. The summed E-state index contributed by atoms with van der Waals surface area (Å²) >= 11 is 0. The number of aliphatic hydroxyl groups is 1. The van der Waals surface area contributed by atoms with Gasteiger partial charge in [0.2, 0.25) is 0 Å². The summed E-state index contributed by atoms with van der Waals surface area (Å²) in [6, 6.07) is 0. The maximum atomic E-state index is 17.0. The Balaban J connectivity index is 1.66. The molecule has 1 saturated heterocycles. The van der Waals surface area contributed by atoms with E-state index in [4.69, 9.17) is 9.47 Å². The van der Waals surface area contributed by atoms with E-state index in [-0.39, 0.29) is 24.8 Å². The lowest BCUT2D eigenvalue weighted by molar-refractivity contribution is -0.253. The number of fused-ring (bicyclic) bond motifs is 7. The lowest BCUT2D eigenvalue weighted by Gasteiger charge is -2.62. The quantitative estimate of drug-likeness (QED) is 0.654. The Hall–Kier alpha value is -1.64. The van der Waals surface area contributed by atoms with Gasteiger partial charge in [-0.1, -0.05) is 13.0 Å². The minimum atomic E-state index is -2.25. The Morgan fingerprint density at radius 3 is 2.52 bits per heavy atom. The van der Waals surface area contributed by atoms with Crippen molar-refractivity contribution in [3.05, 3.63) is 23.8 Å². The number of carboxylic acid groups (broad SMARTS) is 1. The average Bonchev–Trinajstić information content (AvgIpc) is 3.06. The van der Waals surface area contributed by atoms with Gasteiger partial charge in [0.05, 0.1) is 6.10 Å². The van der Waals surface area contributed by atoms with Gasteiger partial charge in [0.25, 0.3) is 0 Å². The van der Waals surface area contributed by atoms with E-state index in [1.165, 1.54) is 19.1 Å². The normalized spacial score (nSPS) is 54.5. The second-order valence-corrected chi connectivity index (χ2v) is 10.7. The molecule has 9 atom stereocenters. The highest BCUT2D eigenvalue weighted by molar-refractivity contribution is 6.01. The molecular formula is C23H28F2O6. The number of aliphatic carboxylic acids is 1. The van der Waals surface area contributed by atoms with Crippen LogP contribution >= 0.6 is 0 Å². The number of ketones is 1. The number of halogens is 2. The van der Waals surface area contributed by atoms with Crippen molar-refractivity contribution in [1.29, 1.82) is 0 Å². The summed E-state index contributed by atoms with van der Waals surface area (Å²) in [5.41, 5.74) is -6.63. The van der Waals surface area contributed by atoms with Crippen molar-refractivity contribution in [3.63, 3.8) is 0 Å². The van der Waals surface area contributed by atoms with Crippen molar-refractivity contribution in [2.45, 2.75) is 82.4 Å². The smallest absolute Gasteiger partial charge is 0.339 e. The van der Waals surface area contributed by atoms with E-state index in [9.17, 15) is 19.8 Å². The van der Waals surface area contributed by atoms with Crippen LogP contribution in [0.3, 0.4) is 0 Å². The van der Waals surface area contributed by atoms with Crippen LogP contribution < -0.4 is 0 Å². The molecular weight excluding hydrogens is 410 g/mol. The predicted octanol–water partition coefficient (Wildman–Crippen LogP) is 2.89. The molecule has 0 radical (unpaired) electrons. The number of rotatable bonds is 1. The first-order chi connectivity index (χ1) is 14.2. The first-order valence-corrected chi connectivity index (χ1v) is 10.8. The fourth-order valence-electron chi connectivity index (χ4n) is 7.67. The summed E-state index contributed by atoms with van der Waals surface area (Å²) in [5, 5.41) is 21.5. The Bertz CT molecular complexity index is 944. The van der Waals surface area contributed by atoms with Crippen LogP contribution in [0.2, 0.25) is 0 Å².